The third kappa shape index (κ3) is 3.24. The van der Waals surface area contributed by atoms with E-state index in [1.807, 2.05) is 0 Å². The first-order valence-electron chi connectivity index (χ1n) is 9.52. The Labute approximate surface area is 157 Å². The molecular formula is C26H28. The molecule has 0 fully saturated rings. The van der Waals surface area contributed by atoms with Gasteiger partial charge in [0.15, 0.2) is 0 Å². The van der Waals surface area contributed by atoms with Crippen molar-refractivity contribution in [3.63, 3.8) is 0 Å². The summed E-state index contributed by atoms with van der Waals surface area (Å²) in [5.74, 6) is 0. The molecule has 3 rings (SSSR count). The van der Waals surface area contributed by atoms with Crippen LogP contribution in [0.3, 0.4) is 0 Å². The molecule has 0 saturated heterocycles. The molecule has 0 heteroatoms. The standard InChI is InChI=1S/C26H28/c1-6-18(3)23-16-17-24(26-15-11-10-14-25(23)26)20(5)21(7-2)22-13-9-8-12-19(22)4/h7,10-17H,3,5-6,8-9H2,1-2,4H3/b21-7-. The summed E-state index contributed by atoms with van der Waals surface area (Å²) < 4.78 is 0. The molecule has 0 aromatic heterocycles. The lowest BCUT2D eigenvalue weighted by Crippen LogP contribution is -2.00. The second kappa shape index (κ2) is 7.74. The monoisotopic (exact) mass is 340 g/mol. The third-order valence-corrected chi connectivity index (χ3v) is 5.35. The number of rotatable bonds is 5. The van der Waals surface area contributed by atoms with Gasteiger partial charge in [-0.3, -0.25) is 0 Å². The van der Waals surface area contributed by atoms with E-state index in [-0.39, 0.29) is 0 Å². The van der Waals surface area contributed by atoms with E-state index >= 15 is 0 Å². The molecule has 1 aliphatic carbocycles. The quantitative estimate of drug-likeness (QED) is 0.485. The van der Waals surface area contributed by atoms with Gasteiger partial charge in [0, 0.05) is 0 Å². The highest BCUT2D eigenvalue weighted by atomic mass is 14.2. The molecule has 2 aromatic carbocycles. The van der Waals surface area contributed by atoms with Crippen molar-refractivity contribution in [3.8, 4) is 0 Å². The first kappa shape index (κ1) is 18.2. The summed E-state index contributed by atoms with van der Waals surface area (Å²) in [6.45, 7) is 15.2. The summed E-state index contributed by atoms with van der Waals surface area (Å²) in [6, 6.07) is 13.0. The van der Waals surface area contributed by atoms with Gasteiger partial charge in [0.05, 0.1) is 0 Å². The molecule has 0 heterocycles. The molecule has 0 saturated carbocycles. The summed E-state index contributed by atoms with van der Waals surface area (Å²) in [5.41, 5.74) is 8.65. The van der Waals surface area contributed by atoms with Crippen LogP contribution in [0.25, 0.3) is 21.9 Å². The van der Waals surface area contributed by atoms with E-state index in [2.05, 4.69) is 88.6 Å². The van der Waals surface area contributed by atoms with Crippen molar-refractivity contribution in [3.05, 3.63) is 95.6 Å². The molecule has 2 aromatic rings. The largest absolute Gasteiger partial charge is 0.0952 e. The molecule has 0 unspecified atom stereocenters. The zero-order valence-corrected chi connectivity index (χ0v) is 16.2. The molecule has 0 aliphatic heterocycles. The van der Waals surface area contributed by atoms with Crippen molar-refractivity contribution < 1.29 is 0 Å². The molecule has 26 heavy (non-hydrogen) atoms. The topological polar surface area (TPSA) is 0 Å². The Morgan fingerprint density at radius 1 is 0.962 bits per heavy atom. The predicted molar refractivity (Wildman–Crippen MR) is 117 cm³/mol. The van der Waals surface area contributed by atoms with Crippen molar-refractivity contribution in [2.45, 2.75) is 40.0 Å². The second-order valence-corrected chi connectivity index (χ2v) is 6.93. The van der Waals surface area contributed by atoms with Crippen LogP contribution >= 0.6 is 0 Å². The molecule has 0 amide bonds. The van der Waals surface area contributed by atoms with Gasteiger partial charge < -0.3 is 0 Å². The average molecular weight is 341 g/mol. The maximum absolute atomic E-state index is 4.49. The lowest BCUT2D eigenvalue weighted by Gasteiger charge is -2.20. The normalized spacial score (nSPS) is 14.8. The van der Waals surface area contributed by atoms with Crippen LogP contribution in [0.4, 0.5) is 0 Å². The van der Waals surface area contributed by atoms with E-state index in [4.69, 9.17) is 0 Å². The summed E-state index contributed by atoms with van der Waals surface area (Å²) in [5, 5.41) is 2.51. The molecule has 0 bridgehead atoms. The van der Waals surface area contributed by atoms with E-state index in [0.717, 1.165) is 24.8 Å². The zero-order chi connectivity index (χ0) is 18.7. The van der Waals surface area contributed by atoms with Crippen molar-refractivity contribution in [2.75, 3.05) is 0 Å². The Kier molecular flexibility index (Phi) is 5.42. The Balaban J connectivity index is 2.14. The molecular weight excluding hydrogens is 312 g/mol. The van der Waals surface area contributed by atoms with E-state index in [9.17, 15) is 0 Å². The van der Waals surface area contributed by atoms with Crippen LogP contribution in [0.15, 0.2) is 84.5 Å². The average Bonchev–Trinajstić information content (AvgIpc) is 2.68. The summed E-state index contributed by atoms with van der Waals surface area (Å²) >= 11 is 0. The molecule has 0 spiro atoms. The maximum Gasteiger partial charge on any atom is -0.00993 e. The molecule has 0 N–H and O–H groups in total. The van der Waals surface area contributed by atoms with E-state index in [1.54, 1.807) is 0 Å². The number of hydrogen-bond donors (Lipinski definition) is 0. The fourth-order valence-electron chi connectivity index (χ4n) is 3.82. The van der Waals surface area contributed by atoms with Gasteiger partial charge in [-0.05, 0) is 82.9 Å². The lowest BCUT2D eigenvalue weighted by atomic mass is 9.84. The first-order valence-corrected chi connectivity index (χ1v) is 9.52. The summed E-state index contributed by atoms with van der Waals surface area (Å²) in [4.78, 5) is 0. The van der Waals surface area contributed by atoms with Crippen molar-refractivity contribution >= 4 is 21.9 Å². The van der Waals surface area contributed by atoms with Gasteiger partial charge in [0.2, 0.25) is 0 Å². The minimum absolute atomic E-state index is 0.960. The Hall–Kier alpha value is -2.60. The number of fused-ring (bicyclic) bond motifs is 1. The molecule has 1 aliphatic rings. The van der Waals surface area contributed by atoms with Crippen LogP contribution in [0.2, 0.25) is 0 Å². The van der Waals surface area contributed by atoms with E-state index < -0.39 is 0 Å². The highest BCUT2D eigenvalue weighted by Crippen LogP contribution is 2.38. The van der Waals surface area contributed by atoms with Crippen LogP contribution in [0.1, 0.15) is 51.2 Å². The minimum Gasteiger partial charge on any atom is -0.0952 e. The lowest BCUT2D eigenvalue weighted by molar-refractivity contribution is 0.997. The zero-order valence-electron chi connectivity index (χ0n) is 16.2. The highest BCUT2D eigenvalue weighted by molar-refractivity contribution is 6.03. The third-order valence-electron chi connectivity index (χ3n) is 5.35. The smallest absolute Gasteiger partial charge is 0.00993 e. The van der Waals surface area contributed by atoms with Crippen molar-refractivity contribution in [2.24, 2.45) is 0 Å². The molecule has 132 valence electrons. The Morgan fingerprint density at radius 2 is 1.58 bits per heavy atom. The number of benzene rings is 2. The predicted octanol–water partition coefficient (Wildman–Crippen LogP) is 7.89. The number of allylic oxidation sites excluding steroid dienone is 8. The SMILES string of the molecule is C=C(CC)c1ccc(C(=C)/C(=C/C)C2=CCCC=C2C)c2ccccc12. The van der Waals surface area contributed by atoms with Crippen molar-refractivity contribution in [1.29, 1.82) is 0 Å². The highest BCUT2D eigenvalue weighted by Gasteiger charge is 2.16. The van der Waals surface area contributed by atoms with Crippen LogP contribution in [0.5, 0.6) is 0 Å². The number of hydrogen-bond acceptors (Lipinski definition) is 0. The van der Waals surface area contributed by atoms with Gasteiger partial charge >= 0.3 is 0 Å². The van der Waals surface area contributed by atoms with Gasteiger partial charge in [-0.15, -0.1) is 0 Å². The Bertz CT molecular complexity index is 961. The fourth-order valence-corrected chi connectivity index (χ4v) is 3.82. The fraction of sp³-hybridized carbons (Fsp3) is 0.231. The van der Waals surface area contributed by atoms with E-state index in [1.165, 1.54) is 44.2 Å². The minimum atomic E-state index is 0.960. The summed E-state index contributed by atoms with van der Waals surface area (Å²) in [6.07, 6.45) is 10.1. The van der Waals surface area contributed by atoms with E-state index in [0.29, 0.717) is 0 Å². The summed E-state index contributed by atoms with van der Waals surface area (Å²) in [7, 11) is 0. The van der Waals surface area contributed by atoms with Gasteiger partial charge in [-0.1, -0.05) is 74.7 Å². The van der Waals surface area contributed by atoms with Crippen molar-refractivity contribution in [1.82, 2.24) is 0 Å². The molecule has 0 radical (unpaired) electrons. The van der Waals surface area contributed by atoms with Gasteiger partial charge in [0.1, 0.15) is 0 Å². The van der Waals surface area contributed by atoms with Gasteiger partial charge in [0.25, 0.3) is 0 Å². The van der Waals surface area contributed by atoms with Crippen LogP contribution in [-0.4, -0.2) is 0 Å². The molecule has 0 atom stereocenters. The van der Waals surface area contributed by atoms with Gasteiger partial charge in [-0.25, -0.2) is 0 Å². The molecule has 0 nitrogen and oxygen atoms in total. The van der Waals surface area contributed by atoms with Crippen LogP contribution in [-0.2, 0) is 0 Å². The maximum atomic E-state index is 4.49. The second-order valence-electron chi connectivity index (χ2n) is 6.93. The van der Waals surface area contributed by atoms with Gasteiger partial charge in [-0.2, -0.15) is 0 Å². The Morgan fingerprint density at radius 3 is 2.19 bits per heavy atom. The van der Waals surface area contributed by atoms with Crippen LogP contribution in [0, 0.1) is 0 Å². The van der Waals surface area contributed by atoms with Crippen LogP contribution < -0.4 is 0 Å². The first-order chi connectivity index (χ1) is 12.6.